The molecule has 1 amide bonds. The Kier molecular flexibility index (Phi) is 4.05. The summed E-state index contributed by atoms with van der Waals surface area (Å²) in [5.74, 6) is -0.0147. The van der Waals surface area contributed by atoms with Crippen molar-refractivity contribution in [3.63, 3.8) is 0 Å². The van der Waals surface area contributed by atoms with Crippen LogP contribution >= 0.6 is 11.3 Å². The van der Waals surface area contributed by atoms with E-state index in [1.54, 1.807) is 6.20 Å². The number of piperazine rings is 1. The van der Waals surface area contributed by atoms with Gasteiger partial charge in [0.1, 0.15) is 9.71 Å². The first kappa shape index (κ1) is 14.2. The van der Waals surface area contributed by atoms with E-state index in [-0.39, 0.29) is 12.5 Å². The molecule has 112 valence electrons. The second-order valence-corrected chi connectivity index (χ2v) is 6.06. The molecule has 1 saturated heterocycles. The predicted octanol–water partition coefficient (Wildman–Crippen LogP) is 0.629. The number of hydrogen-bond donors (Lipinski definition) is 2. The Labute approximate surface area is 126 Å². The minimum absolute atomic E-state index is 0.0147. The Hall–Kier alpha value is -1.70. The topological polar surface area (TPSA) is 82.7 Å². The van der Waals surface area contributed by atoms with Gasteiger partial charge in [0, 0.05) is 44.3 Å². The molecule has 3 N–H and O–H groups in total. The monoisotopic (exact) mass is 306 g/mol. The van der Waals surface area contributed by atoms with Crippen LogP contribution in [0.5, 0.6) is 0 Å². The first-order valence-corrected chi connectivity index (χ1v) is 7.78. The van der Waals surface area contributed by atoms with E-state index in [1.165, 1.54) is 11.3 Å². The quantitative estimate of drug-likeness (QED) is 0.869. The van der Waals surface area contributed by atoms with Crippen molar-refractivity contribution in [3.8, 4) is 0 Å². The maximum absolute atomic E-state index is 12.6. The van der Waals surface area contributed by atoms with Crippen molar-refractivity contribution in [2.24, 2.45) is 0 Å². The van der Waals surface area contributed by atoms with E-state index in [0.29, 0.717) is 30.2 Å². The standard InChI is InChI=1S/C14H18N4O2S/c15-11-10-2-1-3-16-13(10)21-12(11)14(20)18-6-4-17(5-7-18)8-9-19/h1-3,19H,4-9,15H2. The van der Waals surface area contributed by atoms with Gasteiger partial charge in [-0.25, -0.2) is 4.98 Å². The number of nitrogens with two attached hydrogens (primary N) is 1. The number of β-amino-alcohol motifs (C(OH)–C–C–N with tert-alkyl or cyclic N) is 1. The van der Waals surface area contributed by atoms with Crippen LogP contribution in [-0.2, 0) is 0 Å². The molecule has 0 radical (unpaired) electrons. The Balaban J connectivity index is 1.77. The predicted molar refractivity (Wildman–Crippen MR) is 83.5 cm³/mol. The van der Waals surface area contributed by atoms with E-state index >= 15 is 0 Å². The molecule has 1 aliphatic rings. The Bertz CT molecular complexity index is 649. The molecule has 6 nitrogen and oxygen atoms in total. The molecule has 1 fully saturated rings. The highest BCUT2D eigenvalue weighted by atomic mass is 32.1. The lowest BCUT2D eigenvalue weighted by Gasteiger charge is -2.34. The summed E-state index contributed by atoms with van der Waals surface area (Å²) in [6.07, 6.45) is 1.71. The molecule has 1 aliphatic heterocycles. The maximum Gasteiger partial charge on any atom is 0.266 e. The fourth-order valence-corrected chi connectivity index (χ4v) is 3.60. The van der Waals surface area contributed by atoms with E-state index in [1.807, 2.05) is 17.0 Å². The number of pyridine rings is 1. The first-order valence-electron chi connectivity index (χ1n) is 6.96. The zero-order valence-corrected chi connectivity index (χ0v) is 12.5. The molecule has 2 aromatic heterocycles. The molecule has 0 atom stereocenters. The smallest absolute Gasteiger partial charge is 0.266 e. The third kappa shape index (κ3) is 2.72. The number of carbonyl (C=O) groups is 1. The third-order valence-electron chi connectivity index (χ3n) is 3.77. The highest BCUT2D eigenvalue weighted by Crippen LogP contribution is 2.32. The van der Waals surface area contributed by atoms with Gasteiger partial charge in [-0.3, -0.25) is 9.69 Å². The van der Waals surface area contributed by atoms with E-state index in [4.69, 9.17) is 10.8 Å². The van der Waals surface area contributed by atoms with Crippen molar-refractivity contribution >= 4 is 33.1 Å². The number of nitrogens with zero attached hydrogens (tertiary/aromatic N) is 3. The second-order valence-electron chi connectivity index (χ2n) is 5.06. The Morgan fingerprint density at radius 2 is 2.14 bits per heavy atom. The summed E-state index contributed by atoms with van der Waals surface area (Å²) >= 11 is 1.36. The molecule has 3 rings (SSSR count). The summed E-state index contributed by atoms with van der Waals surface area (Å²) in [4.78, 5) is 22.2. The molecular formula is C14H18N4O2S. The van der Waals surface area contributed by atoms with E-state index in [0.717, 1.165) is 23.3 Å². The number of rotatable bonds is 3. The van der Waals surface area contributed by atoms with E-state index in [9.17, 15) is 4.79 Å². The minimum atomic E-state index is -0.0147. The van der Waals surface area contributed by atoms with Gasteiger partial charge in [-0.1, -0.05) is 0 Å². The van der Waals surface area contributed by atoms with Crippen LogP contribution in [0.1, 0.15) is 9.67 Å². The number of thiophene rings is 1. The Morgan fingerprint density at radius 3 is 2.81 bits per heavy atom. The molecule has 7 heteroatoms. The van der Waals surface area contributed by atoms with Gasteiger partial charge in [0.05, 0.1) is 12.3 Å². The van der Waals surface area contributed by atoms with Gasteiger partial charge in [0.15, 0.2) is 0 Å². The highest BCUT2D eigenvalue weighted by Gasteiger charge is 2.25. The largest absolute Gasteiger partial charge is 0.397 e. The van der Waals surface area contributed by atoms with Crippen LogP contribution in [-0.4, -0.2) is 65.1 Å². The van der Waals surface area contributed by atoms with Crippen LogP contribution in [0.3, 0.4) is 0 Å². The zero-order chi connectivity index (χ0) is 14.8. The molecule has 3 heterocycles. The zero-order valence-electron chi connectivity index (χ0n) is 11.7. The van der Waals surface area contributed by atoms with Gasteiger partial charge in [0.25, 0.3) is 5.91 Å². The van der Waals surface area contributed by atoms with Crippen molar-refractivity contribution in [3.05, 3.63) is 23.2 Å². The first-order chi connectivity index (χ1) is 10.2. The number of aromatic nitrogens is 1. The van der Waals surface area contributed by atoms with Crippen LogP contribution in [0, 0.1) is 0 Å². The SMILES string of the molecule is Nc1c(C(=O)N2CCN(CCO)CC2)sc2ncccc12. The molecular weight excluding hydrogens is 288 g/mol. The van der Waals surface area contributed by atoms with Gasteiger partial charge in [-0.05, 0) is 12.1 Å². The van der Waals surface area contributed by atoms with Gasteiger partial charge in [-0.15, -0.1) is 11.3 Å². The average Bonchev–Trinajstić information content (AvgIpc) is 2.85. The molecule has 21 heavy (non-hydrogen) atoms. The number of anilines is 1. The molecule has 2 aromatic rings. The summed E-state index contributed by atoms with van der Waals surface area (Å²) in [7, 11) is 0. The number of carbonyl (C=O) groups excluding carboxylic acids is 1. The molecule has 0 saturated carbocycles. The summed E-state index contributed by atoms with van der Waals surface area (Å²) in [6.45, 7) is 3.73. The van der Waals surface area contributed by atoms with Gasteiger partial charge >= 0.3 is 0 Å². The third-order valence-corrected chi connectivity index (χ3v) is 4.89. The summed E-state index contributed by atoms with van der Waals surface area (Å²) in [6, 6.07) is 3.72. The number of fused-ring (bicyclic) bond motifs is 1. The number of hydrogen-bond acceptors (Lipinski definition) is 6. The minimum Gasteiger partial charge on any atom is -0.397 e. The van der Waals surface area contributed by atoms with Crippen molar-refractivity contribution in [2.45, 2.75) is 0 Å². The van der Waals surface area contributed by atoms with Gasteiger partial charge < -0.3 is 15.7 Å². The average molecular weight is 306 g/mol. The van der Waals surface area contributed by atoms with Crippen LogP contribution in [0.4, 0.5) is 5.69 Å². The van der Waals surface area contributed by atoms with E-state index in [2.05, 4.69) is 9.88 Å². The molecule has 0 aromatic carbocycles. The fraction of sp³-hybridized carbons (Fsp3) is 0.429. The Morgan fingerprint density at radius 1 is 1.38 bits per heavy atom. The molecule has 0 unspecified atom stereocenters. The molecule has 0 bridgehead atoms. The number of nitrogen functional groups attached to an aromatic ring is 1. The second kappa shape index (κ2) is 5.97. The summed E-state index contributed by atoms with van der Waals surface area (Å²) < 4.78 is 0. The lowest BCUT2D eigenvalue weighted by molar-refractivity contribution is 0.0620. The lowest BCUT2D eigenvalue weighted by atomic mass is 10.2. The number of amides is 1. The summed E-state index contributed by atoms with van der Waals surface area (Å²) in [5.41, 5.74) is 6.63. The van der Waals surface area contributed by atoms with Crippen molar-refractivity contribution in [1.29, 1.82) is 0 Å². The highest BCUT2D eigenvalue weighted by molar-refractivity contribution is 7.21. The van der Waals surface area contributed by atoms with Crippen LogP contribution < -0.4 is 5.73 Å². The molecule has 0 aliphatic carbocycles. The van der Waals surface area contributed by atoms with Crippen LogP contribution in [0.25, 0.3) is 10.2 Å². The molecule has 0 spiro atoms. The maximum atomic E-state index is 12.6. The lowest BCUT2D eigenvalue weighted by Crippen LogP contribution is -2.49. The van der Waals surface area contributed by atoms with Crippen molar-refractivity contribution < 1.29 is 9.90 Å². The van der Waals surface area contributed by atoms with Crippen LogP contribution in [0.15, 0.2) is 18.3 Å². The van der Waals surface area contributed by atoms with E-state index < -0.39 is 0 Å². The van der Waals surface area contributed by atoms with Gasteiger partial charge in [0.2, 0.25) is 0 Å². The number of aliphatic hydroxyl groups is 1. The van der Waals surface area contributed by atoms with Gasteiger partial charge in [-0.2, -0.15) is 0 Å². The normalized spacial score (nSPS) is 16.5. The fourth-order valence-electron chi connectivity index (χ4n) is 2.57. The van der Waals surface area contributed by atoms with Crippen molar-refractivity contribution in [2.75, 3.05) is 45.1 Å². The van der Waals surface area contributed by atoms with Crippen molar-refractivity contribution in [1.82, 2.24) is 14.8 Å². The van der Waals surface area contributed by atoms with Crippen LogP contribution in [0.2, 0.25) is 0 Å². The number of aliphatic hydroxyl groups excluding tert-OH is 1. The summed E-state index contributed by atoms with van der Waals surface area (Å²) in [5, 5.41) is 9.80.